The molecule has 0 bridgehead atoms. The predicted octanol–water partition coefficient (Wildman–Crippen LogP) is -3.79. The lowest BCUT2D eigenvalue weighted by Crippen LogP contribution is -2.60. The van der Waals surface area contributed by atoms with Crippen LogP contribution in [0.2, 0.25) is 0 Å². The number of carbonyl (C=O) groups excluding carboxylic acids is 4. The van der Waals surface area contributed by atoms with Gasteiger partial charge in [-0.05, 0) is 25.7 Å². The molecule has 0 aromatic heterocycles. The second-order valence-corrected chi connectivity index (χ2v) is 8.22. The number of hydrogen-bond donors (Lipinski definition) is 9. The van der Waals surface area contributed by atoms with Crippen molar-refractivity contribution in [2.45, 2.75) is 76.7 Å². The zero-order valence-corrected chi connectivity index (χ0v) is 20.2. The number of nitrogens with zero attached hydrogens (tertiary/aromatic N) is 1. The highest BCUT2D eigenvalue weighted by molar-refractivity contribution is 5.96. The van der Waals surface area contributed by atoms with Gasteiger partial charge in [-0.15, -0.1) is 0 Å². The predicted molar refractivity (Wildman–Crippen MR) is 126 cm³/mol. The van der Waals surface area contributed by atoms with Crippen molar-refractivity contribution in [2.75, 3.05) is 6.54 Å². The molecule has 4 amide bonds. The molecule has 13 N–H and O–H groups in total. The van der Waals surface area contributed by atoms with E-state index in [9.17, 15) is 34.2 Å². The number of amides is 4. The summed E-state index contributed by atoms with van der Waals surface area (Å²) in [6.07, 6.45) is -1.28. The summed E-state index contributed by atoms with van der Waals surface area (Å²) in [5.74, 6) is -5.34. The van der Waals surface area contributed by atoms with E-state index >= 15 is 0 Å². The van der Waals surface area contributed by atoms with Crippen molar-refractivity contribution >= 4 is 35.6 Å². The Labute approximate surface area is 203 Å². The first-order valence-corrected chi connectivity index (χ1v) is 11.1. The Morgan fingerprint density at radius 2 is 1.49 bits per heavy atom. The molecule has 0 spiro atoms. The van der Waals surface area contributed by atoms with Crippen molar-refractivity contribution in [3.63, 3.8) is 0 Å². The van der Waals surface area contributed by atoms with Crippen LogP contribution in [-0.4, -0.2) is 82.6 Å². The van der Waals surface area contributed by atoms with Gasteiger partial charge >= 0.3 is 5.97 Å². The smallest absolute Gasteiger partial charge is 0.326 e. The summed E-state index contributed by atoms with van der Waals surface area (Å²) in [4.78, 5) is 64.5. The van der Waals surface area contributed by atoms with Gasteiger partial charge in [-0.3, -0.25) is 24.2 Å². The summed E-state index contributed by atoms with van der Waals surface area (Å²) < 4.78 is 0. The maximum absolute atomic E-state index is 12.8. The van der Waals surface area contributed by atoms with Crippen LogP contribution in [0.1, 0.15) is 46.5 Å². The molecule has 0 fully saturated rings. The number of carboxylic acids is 1. The monoisotopic (exact) mass is 502 g/mol. The molecular weight excluding hydrogens is 464 g/mol. The van der Waals surface area contributed by atoms with Gasteiger partial charge in [0.1, 0.15) is 18.1 Å². The highest BCUT2D eigenvalue weighted by Crippen LogP contribution is 2.07. The summed E-state index contributed by atoms with van der Waals surface area (Å²) in [6.45, 7) is 4.88. The molecule has 0 saturated carbocycles. The molecule has 6 unspecified atom stereocenters. The summed E-state index contributed by atoms with van der Waals surface area (Å²) in [6, 6.07) is -5.39. The molecule has 0 rings (SSSR count). The summed E-state index contributed by atoms with van der Waals surface area (Å²) >= 11 is 0. The molecule has 0 aromatic carbocycles. The SMILES string of the molecule is CCC(C)C(N)C(=O)NC(CC(N)=O)C(=O)NC(C(=O)NC(CCCN=C(N)N)C(=O)O)C(C)O. The van der Waals surface area contributed by atoms with Crippen molar-refractivity contribution < 1.29 is 34.2 Å². The highest BCUT2D eigenvalue weighted by atomic mass is 16.4. The second-order valence-electron chi connectivity index (χ2n) is 8.22. The zero-order valence-electron chi connectivity index (χ0n) is 20.2. The molecule has 0 saturated heterocycles. The average Bonchev–Trinajstić information content (AvgIpc) is 2.76. The van der Waals surface area contributed by atoms with E-state index < -0.39 is 66.3 Å². The Bertz CT molecular complexity index is 785. The van der Waals surface area contributed by atoms with Gasteiger partial charge in [0.25, 0.3) is 0 Å². The molecule has 200 valence electrons. The minimum Gasteiger partial charge on any atom is -0.480 e. The van der Waals surface area contributed by atoms with E-state index in [2.05, 4.69) is 20.9 Å². The number of guanidine groups is 1. The van der Waals surface area contributed by atoms with Crippen LogP contribution in [0.3, 0.4) is 0 Å². The standard InChI is InChI=1S/C20H38N8O7/c1-4-9(2)14(22)17(32)27-12(8-13(21)30)16(31)28-15(10(3)29)18(33)26-11(19(34)35)6-5-7-25-20(23)24/h9-12,14-15,29H,4-8,22H2,1-3H3,(H2,21,30)(H,26,33)(H,27,32)(H,28,31)(H,34,35)(H4,23,24,25). The lowest BCUT2D eigenvalue weighted by atomic mass is 9.99. The number of carbonyl (C=O) groups is 5. The number of rotatable bonds is 16. The topological polar surface area (TPSA) is 278 Å². The molecule has 35 heavy (non-hydrogen) atoms. The van der Waals surface area contributed by atoms with E-state index in [1.807, 2.05) is 6.92 Å². The van der Waals surface area contributed by atoms with Crippen molar-refractivity contribution in [2.24, 2.45) is 33.8 Å². The van der Waals surface area contributed by atoms with Crippen molar-refractivity contribution in [1.82, 2.24) is 16.0 Å². The third-order valence-electron chi connectivity index (χ3n) is 5.22. The number of aliphatic hydroxyl groups is 1. The Morgan fingerprint density at radius 1 is 0.914 bits per heavy atom. The molecular formula is C20H38N8O7. The van der Waals surface area contributed by atoms with E-state index in [1.165, 1.54) is 6.92 Å². The fourth-order valence-electron chi connectivity index (χ4n) is 2.87. The molecule has 15 nitrogen and oxygen atoms in total. The molecule has 0 aromatic rings. The summed E-state index contributed by atoms with van der Waals surface area (Å²) in [5.41, 5.74) is 21.4. The number of aliphatic imine (C=N–C) groups is 1. The van der Waals surface area contributed by atoms with Crippen LogP contribution < -0.4 is 38.9 Å². The Morgan fingerprint density at radius 3 is 1.94 bits per heavy atom. The van der Waals surface area contributed by atoms with E-state index in [0.29, 0.717) is 6.42 Å². The maximum Gasteiger partial charge on any atom is 0.326 e. The normalized spacial score (nSPS) is 15.9. The van der Waals surface area contributed by atoms with Crippen LogP contribution >= 0.6 is 0 Å². The number of aliphatic hydroxyl groups excluding tert-OH is 1. The first-order chi connectivity index (χ1) is 16.2. The molecule has 0 aliphatic carbocycles. The Kier molecular flexibility index (Phi) is 13.9. The number of nitrogens with one attached hydrogen (secondary N) is 3. The average molecular weight is 503 g/mol. The van der Waals surface area contributed by atoms with Gasteiger partial charge in [-0.25, -0.2) is 4.79 Å². The van der Waals surface area contributed by atoms with E-state index in [0.717, 1.165) is 0 Å². The molecule has 0 aliphatic rings. The first kappa shape index (κ1) is 31.5. The number of carboxylic acid groups (broad SMARTS) is 1. The number of hydrogen-bond acceptors (Lipinski definition) is 8. The Balaban J connectivity index is 5.42. The number of nitrogens with two attached hydrogens (primary N) is 4. The van der Waals surface area contributed by atoms with Crippen molar-refractivity contribution in [1.29, 1.82) is 0 Å². The lowest BCUT2D eigenvalue weighted by Gasteiger charge is -2.26. The fraction of sp³-hybridized carbons (Fsp3) is 0.700. The largest absolute Gasteiger partial charge is 0.480 e. The minimum atomic E-state index is -1.60. The van der Waals surface area contributed by atoms with E-state index in [-0.39, 0.29) is 31.3 Å². The molecule has 15 heteroatoms. The third kappa shape index (κ3) is 12.0. The van der Waals surface area contributed by atoms with Gasteiger partial charge < -0.3 is 49.1 Å². The van der Waals surface area contributed by atoms with Crippen LogP contribution in [0.15, 0.2) is 4.99 Å². The van der Waals surface area contributed by atoms with Gasteiger partial charge in [-0.1, -0.05) is 20.3 Å². The summed E-state index contributed by atoms with van der Waals surface area (Å²) in [7, 11) is 0. The van der Waals surface area contributed by atoms with Crippen LogP contribution in [0.4, 0.5) is 0 Å². The van der Waals surface area contributed by atoms with Crippen LogP contribution in [0.5, 0.6) is 0 Å². The van der Waals surface area contributed by atoms with Gasteiger partial charge in [0.15, 0.2) is 5.96 Å². The van der Waals surface area contributed by atoms with E-state index in [4.69, 9.17) is 22.9 Å². The van der Waals surface area contributed by atoms with Crippen LogP contribution in [0.25, 0.3) is 0 Å². The quantitative estimate of drug-likeness (QED) is 0.0563. The third-order valence-corrected chi connectivity index (χ3v) is 5.22. The maximum atomic E-state index is 12.8. The molecule has 6 atom stereocenters. The Hall–Kier alpha value is -3.46. The van der Waals surface area contributed by atoms with Gasteiger partial charge in [0.05, 0.1) is 18.6 Å². The second kappa shape index (κ2) is 15.4. The molecule has 0 aliphatic heterocycles. The number of primary amides is 1. The first-order valence-electron chi connectivity index (χ1n) is 11.1. The van der Waals surface area contributed by atoms with Gasteiger partial charge in [-0.2, -0.15) is 0 Å². The molecule has 0 radical (unpaired) electrons. The number of aliphatic carboxylic acids is 1. The van der Waals surface area contributed by atoms with Gasteiger partial charge in [0, 0.05) is 6.54 Å². The molecule has 0 heterocycles. The minimum absolute atomic E-state index is 0.0355. The van der Waals surface area contributed by atoms with Crippen molar-refractivity contribution in [3.05, 3.63) is 0 Å². The fourth-order valence-corrected chi connectivity index (χ4v) is 2.87. The van der Waals surface area contributed by atoms with E-state index in [1.54, 1.807) is 6.92 Å². The van der Waals surface area contributed by atoms with Crippen LogP contribution in [0, 0.1) is 5.92 Å². The van der Waals surface area contributed by atoms with Gasteiger partial charge in [0.2, 0.25) is 23.6 Å². The highest BCUT2D eigenvalue weighted by Gasteiger charge is 2.33. The summed E-state index contributed by atoms with van der Waals surface area (Å²) in [5, 5.41) is 26.2. The zero-order chi connectivity index (χ0) is 27.3. The van der Waals surface area contributed by atoms with Crippen molar-refractivity contribution in [3.8, 4) is 0 Å². The van der Waals surface area contributed by atoms with Crippen LogP contribution in [-0.2, 0) is 24.0 Å². The lowest BCUT2D eigenvalue weighted by molar-refractivity contribution is -0.143.